The first kappa shape index (κ1) is 13.1. The summed E-state index contributed by atoms with van der Waals surface area (Å²) < 4.78 is 0. The maximum Gasteiger partial charge on any atom is 0.0378 e. The topological polar surface area (TPSA) is 12.0 Å². The Bertz CT molecular complexity index is 340. The average molecular weight is 219 g/mol. The Kier molecular flexibility index (Phi) is 4.85. The first-order valence-corrected chi connectivity index (χ1v) is 6.56. The van der Waals surface area contributed by atoms with E-state index in [4.69, 9.17) is 0 Å². The minimum atomic E-state index is 0.642. The third-order valence-electron chi connectivity index (χ3n) is 2.97. The third kappa shape index (κ3) is 2.78. The highest BCUT2D eigenvalue weighted by Gasteiger charge is 2.14. The number of aryl methyl sites for hydroxylation is 1. The van der Waals surface area contributed by atoms with Gasteiger partial charge >= 0.3 is 0 Å². The molecule has 90 valence electrons. The third-order valence-corrected chi connectivity index (χ3v) is 2.97. The van der Waals surface area contributed by atoms with Gasteiger partial charge in [-0.05, 0) is 48.4 Å². The van der Waals surface area contributed by atoms with E-state index in [1.807, 2.05) is 13.8 Å². The van der Waals surface area contributed by atoms with Crippen LogP contribution in [-0.2, 0) is 6.42 Å². The van der Waals surface area contributed by atoms with Crippen LogP contribution in [0.3, 0.4) is 0 Å². The van der Waals surface area contributed by atoms with Crippen LogP contribution in [0.1, 0.15) is 56.7 Å². The lowest BCUT2D eigenvalue weighted by molar-refractivity contribution is 0.781. The van der Waals surface area contributed by atoms with Gasteiger partial charge in [-0.25, -0.2) is 0 Å². The zero-order valence-corrected chi connectivity index (χ0v) is 11.4. The van der Waals surface area contributed by atoms with Gasteiger partial charge in [0.2, 0.25) is 0 Å². The molecule has 0 aliphatic carbocycles. The average Bonchev–Trinajstić information content (AvgIpc) is 2.30. The molecule has 1 N–H and O–H groups in total. The van der Waals surface area contributed by atoms with Crippen LogP contribution in [0, 0.1) is 6.92 Å². The smallest absolute Gasteiger partial charge is 0.0378 e. The zero-order chi connectivity index (χ0) is 12.1. The van der Waals surface area contributed by atoms with Crippen LogP contribution >= 0.6 is 0 Å². The summed E-state index contributed by atoms with van der Waals surface area (Å²) in [6.07, 6.45) is 2.52. The van der Waals surface area contributed by atoms with Crippen molar-refractivity contribution in [2.75, 3.05) is 11.9 Å². The highest BCUT2D eigenvalue weighted by molar-refractivity contribution is 5.59. The van der Waals surface area contributed by atoms with Gasteiger partial charge < -0.3 is 5.32 Å². The van der Waals surface area contributed by atoms with Gasteiger partial charge in [-0.3, -0.25) is 0 Å². The van der Waals surface area contributed by atoms with Crippen LogP contribution in [0.5, 0.6) is 0 Å². The second-order valence-corrected chi connectivity index (χ2v) is 4.57. The minimum absolute atomic E-state index is 0.642. The number of benzene rings is 1. The molecule has 1 aliphatic rings. The molecule has 0 bridgehead atoms. The highest BCUT2D eigenvalue weighted by Crippen LogP contribution is 2.31. The van der Waals surface area contributed by atoms with Crippen molar-refractivity contribution in [2.45, 2.75) is 53.4 Å². The monoisotopic (exact) mass is 219 g/mol. The van der Waals surface area contributed by atoms with Crippen molar-refractivity contribution < 1.29 is 0 Å². The first-order chi connectivity index (χ1) is 7.68. The van der Waals surface area contributed by atoms with Crippen LogP contribution < -0.4 is 5.32 Å². The van der Waals surface area contributed by atoms with Gasteiger partial charge in [0.25, 0.3) is 0 Å². The van der Waals surface area contributed by atoms with Gasteiger partial charge in [0.1, 0.15) is 0 Å². The van der Waals surface area contributed by atoms with Gasteiger partial charge in [-0.15, -0.1) is 0 Å². The van der Waals surface area contributed by atoms with Gasteiger partial charge in [0.15, 0.2) is 0 Å². The maximum absolute atomic E-state index is 3.50. The van der Waals surface area contributed by atoms with E-state index in [0.29, 0.717) is 5.92 Å². The van der Waals surface area contributed by atoms with Gasteiger partial charge in [0, 0.05) is 12.2 Å². The summed E-state index contributed by atoms with van der Waals surface area (Å²) >= 11 is 0. The molecule has 0 fully saturated rings. The van der Waals surface area contributed by atoms with E-state index in [-0.39, 0.29) is 0 Å². The number of rotatable bonds is 1. The summed E-state index contributed by atoms with van der Waals surface area (Å²) in [6.45, 7) is 11.9. The van der Waals surface area contributed by atoms with Crippen molar-refractivity contribution in [3.63, 3.8) is 0 Å². The van der Waals surface area contributed by atoms with Crippen LogP contribution in [0.25, 0.3) is 0 Å². The molecule has 0 saturated heterocycles. The van der Waals surface area contributed by atoms with E-state index < -0.39 is 0 Å². The molecule has 1 aromatic carbocycles. The van der Waals surface area contributed by atoms with E-state index in [0.717, 1.165) is 6.54 Å². The first-order valence-electron chi connectivity index (χ1n) is 6.56. The van der Waals surface area contributed by atoms with Gasteiger partial charge in [-0.1, -0.05) is 33.8 Å². The summed E-state index contributed by atoms with van der Waals surface area (Å²) in [5.74, 6) is 0.642. The predicted molar refractivity (Wildman–Crippen MR) is 73.4 cm³/mol. The molecule has 0 spiro atoms. The molecule has 2 rings (SSSR count). The lowest BCUT2D eigenvalue weighted by atomic mass is 9.89. The Morgan fingerprint density at radius 1 is 1.19 bits per heavy atom. The largest absolute Gasteiger partial charge is 0.385 e. The highest BCUT2D eigenvalue weighted by atomic mass is 14.9. The fourth-order valence-corrected chi connectivity index (χ4v) is 2.28. The van der Waals surface area contributed by atoms with Crippen LogP contribution in [0.2, 0.25) is 0 Å². The fraction of sp³-hybridized carbons (Fsp3) is 0.600. The quantitative estimate of drug-likeness (QED) is 0.733. The fourth-order valence-electron chi connectivity index (χ4n) is 2.28. The summed E-state index contributed by atoms with van der Waals surface area (Å²) in [4.78, 5) is 0. The second kappa shape index (κ2) is 5.93. The van der Waals surface area contributed by atoms with Gasteiger partial charge in [-0.2, -0.15) is 0 Å². The van der Waals surface area contributed by atoms with E-state index >= 15 is 0 Å². The number of hydrogen-bond acceptors (Lipinski definition) is 1. The molecular formula is C15H25N. The number of hydrogen-bond donors (Lipinski definition) is 1. The van der Waals surface area contributed by atoms with Crippen molar-refractivity contribution in [2.24, 2.45) is 0 Å². The van der Waals surface area contributed by atoms with E-state index in [1.54, 1.807) is 5.56 Å². The molecule has 0 saturated carbocycles. The molecule has 0 radical (unpaired) electrons. The van der Waals surface area contributed by atoms with Crippen LogP contribution in [0.4, 0.5) is 5.69 Å². The minimum Gasteiger partial charge on any atom is -0.385 e. The van der Waals surface area contributed by atoms with Crippen molar-refractivity contribution >= 4 is 5.69 Å². The lowest BCUT2D eigenvalue weighted by Crippen LogP contribution is -2.14. The van der Waals surface area contributed by atoms with E-state index in [1.165, 1.54) is 29.7 Å². The molecule has 1 heteroatoms. The Morgan fingerprint density at radius 3 is 2.50 bits per heavy atom. The summed E-state index contributed by atoms with van der Waals surface area (Å²) in [5, 5.41) is 3.50. The summed E-state index contributed by atoms with van der Waals surface area (Å²) in [5.41, 5.74) is 5.84. The molecule has 1 nitrogen and oxygen atoms in total. The maximum atomic E-state index is 3.50. The number of nitrogens with one attached hydrogen (secondary N) is 1. The molecular weight excluding hydrogens is 194 g/mol. The second-order valence-electron chi connectivity index (χ2n) is 4.57. The number of fused-ring (bicyclic) bond motifs is 1. The Labute approximate surface area is 100 Å². The summed E-state index contributed by atoms with van der Waals surface area (Å²) in [7, 11) is 0. The lowest BCUT2D eigenvalue weighted by Gasteiger charge is -2.23. The van der Waals surface area contributed by atoms with Crippen molar-refractivity contribution in [3.05, 3.63) is 28.8 Å². The standard InChI is InChI=1S/C13H19N.C2H6/c1-9(2)12-7-10(3)8-13-11(12)5-4-6-14-13;1-2/h7-9,14H,4-6H2,1-3H3;1-2H3. The van der Waals surface area contributed by atoms with Crippen LogP contribution in [0.15, 0.2) is 12.1 Å². The Balaban J connectivity index is 0.000000606. The van der Waals surface area contributed by atoms with Crippen LogP contribution in [-0.4, -0.2) is 6.54 Å². The van der Waals surface area contributed by atoms with Crippen molar-refractivity contribution in [1.82, 2.24) is 0 Å². The molecule has 1 aromatic rings. The number of anilines is 1. The molecule has 1 aliphatic heterocycles. The molecule has 16 heavy (non-hydrogen) atoms. The zero-order valence-electron chi connectivity index (χ0n) is 11.4. The van der Waals surface area contributed by atoms with E-state index in [9.17, 15) is 0 Å². The molecule has 0 aromatic heterocycles. The Hall–Kier alpha value is -0.980. The normalized spacial score (nSPS) is 13.6. The molecule has 0 unspecified atom stereocenters. The molecule has 0 atom stereocenters. The van der Waals surface area contributed by atoms with Gasteiger partial charge in [0.05, 0.1) is 0 Å². The predicted octanol–water partition coefficient (Wildman–Crippen LogP) is 4.50. The molecule has 1 heterocycles. The van der Waals surface area contributed by atoms with Crippen molar-refractivity contribution in [3.8, 4) is 0 Å². The summed E-state index contributed by atoms with van der Waals surface area (Å²) in [6, 6.07) is 4.62. The molecule has 0 amide bonds. The van der Waals surface area contributed by atoms with E-state index in [2.05, 4.69) is 38.2 Å². The SMILES string of the molecule is CC.Cc1cc2c(c(C(C)C)c1)CCCN2. The Morgan fingerprint density at radius 2 is 1.88 bits per heavy atom. The van der Waals surface area contributed by atoms with Crippen molar-refractivity contribution in [1.29, 1.82) is 0 Å².